The number of nitrogens with zero attached hydrogens (tertiary/aromatic N) is 1. The van der Waals surface area contributed by atoms with Gasteiger partial charge in [-0.25, -0.2) is 0 Å². The van der Waals surface area contributed by atoms with E-state index >= 15 is 0 Å². The minimum absolute atomic E-state index is 0.0528. The summed E-state index contributed by atoms with van der Waals surface area (Å²) in [6.07, 6.45) is -0.141. The molecule has 1 heterocycles. The van der Waals surface area contributed by atoms with Crippen LogP contribution in [0.4, 0.5) is 0 Å². The van der Waals surface area contributed by atoms with Crippen molar-refractivity contribution in [2.24, 2.45) is 11.7 Å². The maximum absolute atomic E-state index is 12.1. The average Bonchev–Trinajstić information content (AvgIpc) is 2.78. The quantitative estimate of drug-likeness (QED) is 0.839. The second-order valence-electron chi connectivity index (χ2n) is 5.38. The highest BCUT2D eigenvalue weighted by Gasteiger charge is 2.38. The van der Waals surface area contributed by atoms with E-state index in [1.807, 2.05) is 25.1 Å². The normalized spacial score (nSPS) is 19.6. The first kappa shape index (κ1) is 15.0. The summed E-state index contributed by atoms with van der Waals surface area (Å²) < 4.78 is 0. The smallest absolute Gasteiger partial charge is 0.305 e. The number of carboxylic acid groups (broad SMARTS) is 1. The standard InChI is InChI=1S/C15H18N2O4/c1-9-3-2-4-10(5-9)12(7-14(19)20)17-8-11(15(16)21)6-13(17)18/h2-5,11-12H,6-8H2,1H3,(H2,16,21)(H,19,20). The van der Waals surface area contributed by atoms with Crippen LogP contribution in [0, 0.1) is 12.8 Å². The Morgan fingerprint density at radius 1 is 1.48 bits per heavy atom. The Morgan fingerprint density at radius 2 is 2.19 bits per heavy atom. The van der Waals surface area contributed by atoms with Crippen molar-refractivity contribution < 1.29 is 19.5 Å². The van der Waals surface area contributed by atoms with Crippen LogP contribution in [0.15, 0.2) is 24.3 Å². The predicted molar refractivity (Wildman–Crippen MR) is 75.2 cm³/mol. The Labute approximate surface area is 122 Å². The number of aliphatic carboxylic acids is 1. The molecule has 2 amide bonds. The van der Waals surface area contributed by atoms with Crippen molar-refractivity contribution >= 4 is 17.8 Å². The second-order valence-corrected chi connectivity index (χ2v) is 5.38. The Kier molecular flexibility index (Phi) is 4.26. The topological polar surface area (TPSA) is 101 Å². The Hall–Kier alpha value is -2.37. The third kappa shape index (κ3) is 3.39. The highest BCUT2D eigenvalue weighted by Crippen LogP contribution is 2.31. The van der Waals surface area contributed by atoms with Crippen molar-refractivity contribution in [2.45, 2.75) is 25.8 Å². The number of benzene rings is 1. The summed E-state index contributed by atoms with van der Waals surface area (Å²) in [4.78, 5) is 35.9. The summed E-state index contributed by atoms with van der Waals surface area (Å²) in [6.45, 7) is 2.08. The number of amides is 2. The molecule has 112 valence electrons. The lowest BCUT2D eigenvalue weighted by Crippen LogP contribution is -2.33. The van der Waals surface area contributed by atoms with Gasteiger partial charge in [0.2, 0.25) is 11.8 Å². The summed E-state index contributed by atoms with van der Waals surface area (Å²) in [6, 6.07) is 6.81. The monoisotopic (exact) mass is 290 g/mol. The highest BCUT2D eigenvalue weighted by molar-refractivity contribution is 5.89. The second kappa shape index (κ2) is 5.95. The van der Waals surface area contributed by atoms with Gasteiger partial charge in [0, 0.05) is 13.0 Å². The molecule has 2 atom stereocenters. The molecule has 3 N–H and O–H groups in total. The molecule has 0 radical (unpaired) electrons. The fourth-order valence-corrected chi connectivity index (χ4v) is 2.67. The first-order chi connectivity index (χ1) is 9.88. The molecular weight excluding hydrogens is 272 g/mol. The predicted octanol–water partition coefficient (Wildman–Crippen LogP) is 0.845. The highest BCUT2D eigenvalue weighted by atomic mass is 16.4. The molecule has 0 spiro atoms. The number of hydrogen-bond donors (Lipinski definition) is 2. The fraction of sp³-hybridized carbons (Fsp3) is 0.400. The van der Waals surface area contributed by atoms with Gasteiger partial charge in [-0.15, -0.1) is 0 Å². The van der Waals surface area contributed by atoms with Gasteiger partial charge in [-0.1, -0.05) is 29.8 Å². The maximum Gasteiger partial charge on any atom is 0.305 e. The van der Waals surface area contributed by atoms with Crippen LogP contribution in [0.3, 0.4) is 0 Å². The molecule has 1 aromatic rings. The number of carboxylic acids is 1. The Balaban J connectivity index is 2.30. The molecule has 2 unspecified atom stereocenters. The van der Waals surface area contributed by atoms with Gasteiger partial charge in [0.05, 0.1) is 18.4 Å². The van der Waals surface area contributed by atoms with Crippen LogP contribution in [-0.4, -0.2) is 34.3 Å². The summed E-state index contributed by atoms with van der Waals surface area (Å²) in [7, 11) is 0. The number of likely N-dealkylation sites (tertiary alicyclic amines) is 1. The van der Waals surface area contributed by atoms with Crippen molar-refractivity contribution in [2.75, 3.05) is 6.54 Å². The summed E-state index contributed by atoms with van der Waals surface area (Å²) in [5.74, 6) is -2.29. The fourth-order valence-electron chi connectivity index (χ4n) is 2.67. The number of hydrogen-bond acceptors (Lipinski definition) is 3. The van der Waals surface area contributed by atoms with Gasteiger partial charge in [-0.3, -0.25) is 14.4 Å². The molecule has 0 aromatic heterocycles. The molecule has 1 saturated heterocycles. The molecular formula is C15H18N2O4. The van der Waals surface area contributed by atoms with Crippen LogP contribution in [0.2, 0.25) is 0 Å². The molecule has 0 bridgehead atoms. The SMILES string of the molecule is Cc1cccc(C(CC(=O)O)N2CC(C(N)=O)CC2=O)c1. The lowest BCUT2D eigenvalue weighted by molar-refractivity contribution is -0.139. The van der Waals surface area contributed by atoms with Gasteiger partial charge in [-0.2, -0.15) is 0 Å². The first-order valence-electron chi connectivity index (χ1n) is 6.75. The average molecular weight is 290 g/mol. The molecule has 1 aromatic carbocycles. The lowest BCUT2D eigenvalue weighted by Gasteiger charge is -2.27. The molecule has 21 heavy (non-hydrogen) atoms. The number of rotatable bonds is 5. The molecule has 0 aliphatic carbocycles. The van der Waals surface area contributed by atoms with E-state index in [1.165, 1.54) is 4.90 Å². The molecule has 6 nitrogen and oxygen atoms in total. The van der Waals surface area contributed by atoms with Crippen LogP contribution < -0.4 is 5.73 Å². The van der Waals surface area contributed by atoms with Gasteiger partial charge < -0.3 is 15.7 Å². The lowest BCUT2D eigenvalue weighted by atomic mass is 10.00. The minimum atomic E-state index is -0.989. The molecule has 1 aliphatic rings. The molecule has 6 heteroatoms. The van der Waals surface area contributed by atoms with Crippen LogP contribution >= 0.6 is 0 Å². The molecule has 1 aliphatic heterocycles. The van der Waals surface area contributed by atoms with Crippen LogP contribution in [0.1, 0.15) is 30.0 Å². The number of nitrogens with two attached hydrogens (primary N) is 1. The number of aryl methyl sites for hydroxylation is 1. The van der Waals surface area contributed by atoms with Gasteiger partial charge in [0.15, 0.2) is 0 Å². The summed E-state index contributed by atoms with van der Waals surface area (Å²) in [5, 5.41) is 9.11. The van der Waals surface area contributed by atoms with Gasteiger partial charge in [0.1, 0.15) is 0 Å². The minimum Gasteiger partial charge on any atom is -0.481 e. The van der Waals surface area contributed by atoms with E-state index in [2.05, 4.69) is 0 Å². The molecule has 0 saturated carbocycles. The van der Waals surface area contributed by atoms with Crippen molar-refractivity contribution in [3.63, 3.8) is 0 Å². The van der Waals surface area contributed by atoms with Gasteiger partial charge in [-0.05, 0) is 12.5 Å². The number of carbonyl (C=O) groups is 3. The number of carbonyl (C=O) groups excluding carboxylic acids is 2. The van der Waals surface area contributed by atoms with E-state index in [4.69, 9.17) is 10.8 Å². The van der Waals surface area contributed by atoms with Crippen LogP contribution in [0.5, 0.6) is 0 Å². The van der Waals surface area contributed by atoms with Crippen LogP contribution in [0.25, 0.3) is 0 Å². The number of primary amides is 1. The molecule has 2 rings (SSSR count). The van der Waals surface area contributed by atoms with E-state index < -0.39 is 23.8 Å². The summed E-state index contributed by atoms with van der Waals surface area (Å²) >= 11 is 0. The van der Waals surface area contributed by atoms with Crippen molar-refractivity contribution in [1.29, 1.82) is 0 Å². The third-order valence-corrected chi connectivity index (χ3v) is 3.73. The zero-order chi connectivity index (χ0) is 15.6. The molecule has 1 fully saturated rings. The van der Waals surface area contributed by atoms with E-state index in [1.54, 1.807) is 6.07 Å². The van der Waals surface area contributed by atoms with Crippen molar-refractivity contribution in [3.8, 4) is 0 Å². The maximum atomic E-state index is 12.1. The zero-order valence-corrected chi connectivity index (χ0v) is 11.8. The van der Waals surface area contributed by atoms with Crippen LogP contribution in [-0.2, 0) is 14.4 Å². The van der Waals surface area contributed by atoms with Crippen molar-refractivity contribution in [3.05, 3.63) is 35.4 Å². The van der Waals surface area contributed by atoms with E-state index in [0.717, 1.165) is 11.1 Å². The largest absolute Gasteiger partial charge is 0.481 e. The summed E-state index contributed by atoms with van der Waals surface area (Å²) in [5.41, 5.74) is 7.00. The van der Waals surface area contributed by atoms with Gasteiger partial charge in [0.25, 0.3) is 0 Å². The van der Waals surface area contributed by atoms with E-state index in [-0.39, 0.29) is 25.3 Å². The van der Waals surface area contributed by atoms with Crippen molar-refractivity contribution in [1.82, 2.24) is 4.90 Å². The Morgan fingerprint density at radius 3 is 2.71 bits per heavy atom. The zero-order valence-electron chi connectivity index (χ0n) is 11.8. The van der Waals surface area contributed by atoms with E-state index in [0.29, 0.717) is 0 Å². The third-order valence-electron chi connectivity index (χ3n) is 3.73. The van der Waals surface area contributed by atoms with Gasteiger partial charge >= 0.3 is 5.97 Å². The van der Waals surface area contributed by atoms with E-state index in [9.17, 15) is 14.4 Å². The Bertz CT molecular complexity index is 585. The first-order valence-corrected chi connectivity index (χ1v) is 6.75.